The Morgan fingerprint density at radius 3 is 2.63 bits per heavy atom. The highest BCUT2D eigenvalue weighted by molar-refractivity contribution is 6.05. The van der Waals surface area contributed by atoms with Gasteiger partial charge in [-0.05, 0) is 89.0 Å². The molecule has 0 bridgehead atoms. The number of hydrogen-bond acceptors (Lipinski definition) is 6. The largest absolute Gasteiger partial charge is 0.490 e. The lowest BCUT2D eigenvalue weighted by molar-refractivity contribution is 0.102. The highest BCUT2D eigenvalue weighted by Crippen LogP contribution is 2.30. The van der Waals surface area contributed by atoms with E-state index in [-0.39, 0.29) is 18.4 Å². The van der Waals surface area contributed by atoms with Crippen molar-refractivity contribution in [2.45, 2.75) is 46.1 Å². The zero-order valence-electron chi connectivity index (χ0n) is 22.4. The quantitative estimate of drug-likeness (QED) is 0.248. The molecule has 4 rings (SSSR count). The molecule has 7 nitrogen and oxygen atoms in total. The molecule has 1 fully saturated rings. The molecular formula is C31H34N2O5. The molecule has 0 atom stereocenters. The van der Waals surface area contributed by atoms with Crippen LogP contribution in [0.5, 0.6) is 11.5 Å². The maximum atomic E-state index is 13.1. The summed E-state index contributed by atoms with van der Waals surface area (Å²) in [6.45, 7) is 8.01. The van der Waals surface area contributed by atoms with E-state index >= 15 is 0 Å². The van der Waals surface area contributed by atoms with Crippen molar-refractivity contribution in [3.05, 3.63) is 75.2 Å². The molecule has 2 heterocycles. The third-order valence-electron chi connectivity index (χ3n) is 6.67. The first-order chi connectivity index (χ1) is 18.2. The fraction of sp³-hybridized carbons (Fsp3) is 0.355. The van der Waals surface area contributed by atoms with Gasteiger partial charge < -0.3 is 24.1 Å². The number of likely N-dealkylation sites (tertiary alicyclic amines) is 1. The lowest BCUT2D eigenvalue weighted by Crippen LogP contribution is -2.35. The van der Waals surface area contributed by atoms with E-state index in [0.717, 1.165) is 42.6 Å². The van der Waals surface area contributed by atoms with Crippen LogP contribution in [0.25, 0.3) is 11.0 Å². The Bertz CT molecular complexity index is 1450. The Balaban J connectivity index is 1.55. The first kappa shape index (κ1) is 27.0. The van der Waals surface area contributed by atoms with E-state index in [1.54, 1.807) is 24.3 Å². The highest BCUT2D eigenvalue weighted by Gasteiger charge is 2.20. The number of benzene rings is 2. The lowest BCUT2D eigenvalue weighted by Gasteiger charge is -2.29. The minimum atomic E-state index is -0.621. The Kier molecular flexibility index (Phi) is 8.55. The van der Waals surface area contributed by atoms with Gasteiger partial charge in [0, 0.05) is 29.6 Å². The molecule has 198 valence electrons. The van der Waals surface area contributed by atoms with E-state index in [0.29, 0.717) is 34.5 Å². The highest BCUT2D eigenvalue weighted by atomic mass is 16.5. The van der Waals surface area contributed by atoms with Crippen molar-refractivity contribution in [3.63, 3.8) is 0 Å². The number of amides is 1. The number of piperidine rings is 1. The topological polar surface area (TPSA) is 81.0 Å². The predicted molar refractivity (Wildman–Crippen MR) is 150 cm³/mol. The summed E-state index contributed by atoms with van der Waals surface area (Å²) in [5.41, 5.74) is 3.04. The van der Waals surface area contributed by atoms with E-state index in [2.05, 4.69) is 23.2 Å². The van der Waals surface area contributed by atoms with Crippen LogP contribution in [-0.2, 0) is 6.42 Å². The molecule has 1 aliphatic heterocycles. The number of anilines is 1. The number of ether oxygens (including phenoxy) is 2. The molecule has 0 aliphatic carbocycles. The molecule has 3 aromatic rings. The lowest BCUT2D eigenvalue weighted by atomic mass is 10.0. The number of nitrogens with one attached hydrogen (secondary N) is 1. The Morgan fingerprint density at radius 1 is 1.18 bits per heavy atom. The summed E-state index contributed by atoms with van der Waals surface area (Å²) in [5, 5.41) is 3.41. The third-order valence-corrected chi connectivity index (χ3v) is 6.67. The van der Waals surface area contributed by atoms with Crippen LogP contribution in [0, 0.1) is 19.3 Å². The molecule has 38 heavy (non-hydrogen) atoms. The van der Waals surface area contributed by atoms with Crippen molar-refractivity contribution >= 4 is 22.6 Å². The van der Waals surface area contributed by atoms with E-state index in [4.69, 9.17) is 20.3 Å². The zero-order chi connectivity index (χ0) is 27.2. The maximum Gasteiger partial charge on any atom is 0.360 e. The van der Waals surface area contributed by atoms with Gasteiger partial charge in [0.2, 0.25) is 0 Å². The van der Waals surface area contributed by atoms with Crippen LogP contribution in [0.3, 0.4) is 0 Å². The normalized spacial score (nSPS) is 14.1. The summed E-state index contributed by atoms with van der Waals surface area (Å²) in [6, 6.07) is 10.5. The van der Waals surface area contributed by atoms with Crippen molar-refractivity contribution in [2.75, 3.05) is 32.1 Å². The summed E-state index contributed by atoms with van der Waals surface area (Å²) < 4.78 is 17.5. The summed E-state index contributed by atoms with van der Waals surface area (Å²) in [6.07, 6.45) is 10.0. The van der Waals surface area contributed by atoms with Gasteiger partial charge >= 0.3 is 5.63 Å². The smallest absolute Gasteiger partial charge is 0.360 e. The SMILES string of the molecule is C#CCOc1ccc(C(=O)Nc2cc3ccc(OC4CCN(C)CC4)c(C)c3oc2=O)cc1CC=C(C)C. The number of allylic oxidation sites excluding steroid dienone is 2. The van der Waals surface area contributed by atoms with E-state index in [1.807, 2.05) is 39.0 Å². The predicted octanol–water partition coefficient (Wildman–Crippen LogP) is 5.35. The van der Waals surface area contributed by atoms with E-state index < -0.39 is 11.5 Å². The minimum Gasteiger partial charge on any atom is -0.490 e. The van der Waals surface area contributed by atoms with Gasteiger partial charge in [0.15, 0.2) is 0 Å². The van der Waals surface area contributed by atoms with Crippen molar-refractivity contribution in [1.29, 1.82) is 0 Å². The molecule has 1 aromatic heterocycles. The molecule has 1 saturated heterocycles. The Labute approximate surface area is 223 Å². The summed E-state index contributed by atoms with van der Waals surface area (Å²) in [5.74, 6) is 3.37. The molecule has 1 aliphatic rings. The van der Waals surface area contributed by atoms with Crippen molar-refractivity contribution in [3.8, 4) is 23.8 Å². The van der Waals surface area contributed by atoms with Gasteiger partial charge in [-0.3, -0.25) is 4.79 Å². The number of carbonyl (C=O) groups is 1. The first-order valence-electron chi connectivity index (χ1n) is 12.8. The van der Waals surface area contributed by atoms with Crippen molar-refractivity contribution in [2.24, 2.45) is 0 Å². The van der Waals surface area contributed by atoms with Crippen LogP contribution in [0.15, 0.2) is 57.3 Å². The van der Waals surface area contributed by atoms with Crippen molar-refractivity contribution in [1.82, 2.24) is 4.90 Å². The monoisotopic (exact) mass is 514 g/mol. The second kappa shape index (κ2) is 12.0. The van der Waals surface area contributed by atoms with Gasteiger partial charge in [-0.2, -0.15) is 0 Å². The second-order valence-electron chi connectivity index (χ2n) is 9.93. The molecule has 0 unspecified atom stereocenters. The van der Waals surface area contributed by atoms with Gasteiger partial charge in [0.1, 0.15) is 35.5 Å². The Hall–Kier alpha value is -4.02. The number of terminal acetylenes is 1. The van der Waals surface area contributed by atoms with Gasteiger partial charge in [-0.1, -0.05) is 17.6 Å². The molecule has 7 heteroatoms. The number of fused-ring (bicyclic) bond motifs is 1. The van der Waals surface area contributed by atoms with Gasteiger partial charge in [0.25, 0.3) is 5.91 Å². The molecule has 1 N–H and O–H groups in total. The summed E-state index contributed by atoms with van der Waals surface area (Å²) in [7, 11) is 2.11. The average Bonchev–Trinajstić information content (AvgIpc) is 2.90. The summed E-state index contributed by atoms with van der Waals surface area (Å²) in [4.78, 5) is 28.2. The Morgan fingerprint density at radius 2 is 1.92 bits per heavy atom. The standard InChI is InChI=1S/C31H34N2O5/c1-6-17-36-28-12-10-24(18-22(28)8-7-20(2)3)30(34)32-26-19-23-9-11-27(21(4)29(23)38-31(26)35)37-25-13-15-33(5)16-14-25/h1,7,9-12,18-19,25H,8,13-17H2,2-5H3,(H,32,34). The van der Waals surface area contributed by atoms with Gasteiger partial charge in [0.05, 0.1) is 0 Å². The third kappa shape index (κ3) is 6.45. The molecule has 0 saturated carbocycles. The minimum absolute atomic E-state index is 0.0735. The van der Waals surface area contributed by atoms with E-state index in [9.17, 15) is 9.59 Å². The van der Waals surface area contributed by atoms with Gasteiger partial charge in [-0.15, -0.1) is 6.42 Å². The number of rotatable bonds is 8. The number of nitrogens with zero attached hydrogens (tertiary/aromatic N) is 1. The fourth-order valence-electron chi connectivity index (χ4n) is 4.45. The molecule has 0 radical (unpaired) electrons. The average molecular weight is 515 g/mol. The van der Waals surface area contributed by atoms with Crippen LogP contribution >= 0.6 is 0 Å². The van der Waals surface area contributed by atoms with Crippen LogP contribution in [0.2, 0.25) is 0 Å². The first-order valence-corrected chi connectivity index (χ1v) is 12.8. The maximum absolute atomic E-state index is 13.1. The van der Waals surface area contributed by atoms with Crippen LogP contribution < -0.4 is 20.4 Å². The molecule has 1 amide bonds. The van der Waals surface area contributed by atoms with Gasteiger partial charge in [-0.25, -0.2) is 4.79 Å². The zero-order valence-corrected chi connectivity index (χ0v) is 22.4. The van der Waals surface area contributed by atoms with E-state index in [1.165, 1.54) is 0 Å². The van der Waals surface area contributed by atoms with Crippen LogP contribution in [0.1, 0.15) is 48.2 Å². The second-order valence-corrected chi connectivity index (χ2v) is 9.93. The summed E-state index contributed by atoms with van der Waals surface area (Å²) >= 11 is 0. The van der Waals surface area contributed by atoms with Crippen LogP contribution in [-0.4, -0.2) is 43.7 Å². The fourth-order valence-corrected chi connectivity index (χ4v) is 4.45. The van der Waals surface area contributed by atoms with Crippen LogP contribution in [0.4, 0.5) is 5.69 Å². The number of aryl methyl sites for hydroxylation is 1. The van der Waals surface area contributed by atoms with Crippen molar-refractivity contribution < 1.29 is 18.7 Å². The number of carbonyl (C=O) groups excluding carboxylic acids is 1. The molecular weight excluding hydrogens is 480 g/mol. The number of hydrogen-bond donors (Lipinski definition) is 1. The molecule has 0 spiro atoms. The molecule has 2 aromatic carbocycles.